The summed E-state index contributed by atoms with van der Waals surface area (Å²) in [6.07, 6.45) is 2.66. The molecule has 2 rings (SSSR count). The zero-order chi connectivity index (χ0) is 13.9. The Morgan fingerprint density at radius 3 is 3.00 bits per heavy atom. The predicted molar refractivity (Wildman–Crippen MR) is 78.0 cm³/mol. The number of amides is 1. The van der Waals surface area contributed by atoms with E-state index in [1.165, 1.54) is 0 Å². The SMILES string of the molecule is CC1(C)C[C@@H]1C(=O)Nc1cc(CSCCO)ccn1. The minimum absolute atomic E-state index is 0.0673. The highest BCUT2D eigenvalue weighted by Crippen LogP contribution is 2.51. The average molecular weight is 280 g/mol. The molecule has 1 aromatic heterocycles. The van der Waals surface area contributed by atoms with Crippen molar-refractivity contribution in [2.24, 2.45) is 11.3 Å². The first-order valence-corrected chi connectivity index (χ1v) is 7.63. The molecule has 0 saturated heterocycles. The summed E-state index contributed by atoms with van der Waals surface area (Å²) in [7, 11) is 0. The van der Waals surface area contributed by atoms with Crippen molar-refractivity contribution in [3.05, 3.63) is 23.9 Å². The van der Waals surface area contributed by atoms with Crippen LogP contribution in [-0.4, -0.2) is 28.4 Å². The number of aromatic nitrogens is 1. The molecule has 104 valence electrons. The van der Waals surface area contributed by atoms with Gasteiger partial charge in [-0.2, -0.15) is 11.8 Å². The van der Waals surface area contributed by atoms with E-state index in [9.17, 15) is 4.79 Å². The smallest absolute Gasteiger partial charge is 0.229 e. The number of carbonyl (C=O) groups is 1. The summed E-state index contributed by atoms with van der Waals surface area (Å²) < 4.78 is 0. The van der Waals surface area contributed by atoms with E-state index in [1.54, 1.807) is 18.0 Å². The van der Waals surface area contributed by atoms with Crippen molar-refractivity contribution in [2.75, 3.05) is 17.7 Å². The zero-order valence-electron chi connectivity index (χ0n) is 11.3. The molecule has 5 heteroatoms. The molecule has 4 nitrogen and oxygen atoms in total. The van der Waals surface area contributed by atoms with Crippen molar-refractivity contribution in [3.8, 4) is 0 Å². The van der Waals surface area contributed by atoms with E-state index in [-0.39, 0.29) is 23.8 Å². The summed E-state index contributed by atoms with van der Waals surface area (Å²) in [6, 6.07) is 3.83. The lowest BCUT2D eigenvalue weighted by atomic mass is 10.1. The van der Waals surface area contributed by atoms with Crippen LogP contribution in [0.4, 0.5) is 5.82 Å². The highest BCUT2D eigenvalue weighted by atomic mass is 32.2. The largest absolute Gasteiger partial charge is 0.396 e. The van der Waals surface area contributed by atoms with E-state index in [2.05, 4.69) is 24.1 Å². The number of carbonyl (C=O) groups excluding carboxylic acids is 1. The Kier molecular flexibility index (Phi) is 4.47. The number of hydrogen-bond acceptors (Lipinski definition) is 4. The van der Waals surface area contributed by atoms with E-state index in [0.29, 0.717) is 5.82 Å². The Morgan fingerprint density at radius 2 is 2.37 bits per heavy atom. The Labute approximate surface area is 118 Å². The van der Waals surface area contributed by atoms with E-state index >= 15 is 0 Å². The van der Waals surface area contributed by atoms with Gasteiger partial charge in [-0.3, -0.25) is 4.79 Å². The van der Waals surface area contributed by atoms with Gasteiger partial charge in [-0.15, -0.1) is 0 Å². The molecule has 0 radical (unpaired) electrons. The van der Waals surface area contributed by atoms with Crippen LogP contribution in [0.15, 0.2) is 18.3 Å². The topological polar surface area (TPSA) is 62.2 Å². The van der Waals surface area contributed by atoms with E-state index < -0.39 is 0 Å². The zero-order valence-corrected chi connectivity index (χ0v) is 12.2. The van der Waals surface area contributed by atoms with Crippen molar-refractivity contribution in [1.82, 2.24) is 4.98 Å². The van der Waals surface area contributed by atoms with Crippen molar-refractivity contribution in [3.63, 3.8) is 0 Å². The fourth-order valence-electron chi connectivity index (χ4n) is 2.02. The van der Waals surface area contributed by atoms with Gasteiger partial charge in [0.05, 0.1) is 6.61 Å². The minimum atomic E-state index is 0.0673. The van der Waals surface area contributed by atoms with Crippen molar-refractivity contribution >= 4 is 23.5 Å². The standard InChI is InChI=1S/C14H20N2O2S/c1-14(2)8-11(14)13(18)16-12-7-10(3-4-15-12)9-19-6-5-17/h3-4,7,11,17H,5-6,8-9H2,1-2H3,(H,15,16,18)/t11-/m1/s1. The van der Waals surface area contributed by atoms with Gasteiger partial charge in [0.2, 0.25) is 5.91 Å². The van der Waals surface area contributed by atoms with Gasteiger partial charge >= 0.3 is 0 Å². The number of anilines is 1. The number of nitrogens with zero attached hydrogens (tertiary/aromatic N) is 1. The molecule has 1 atom stereocenters. The van der Waals surface area contributed by atoms with Crippen LogP contribution < -0.4 is 5.32 Å². The first kappa shape index (κ1) is 14.3. The van der Waals surface area contributed by atoms with Gasteiger partial charge in [-0.1, -0.05) is 13.8 Å². The van der Waals surface area contributed by atoms with E-state index in [0.717, 1.165) is 23.5 Å². The molecule has 0 aromatic carbocycles. The third-order valence-electron chi connectivity index (χ3n) is 3.41. The maximum atomic E-state index is 12.0. The van der Waals surface area contributed by atoms with Crippen LogP contribution in [-0.2, 0) is 10.5 Å². The second kappa shape index (κ2) is 5.92. The molecule has 1 saturated carbocycles. The highest BCUT2D eigenvalue weighted by molar-refractivity contribution is 7.98. The molecule has 1 amide bonds. The van der Waals surface area contributed by atoms with Crippen LogP contribution in [0.5, 0.6) is 0 Å². The van der Waals surface area contributed by atoms with Gasteiger partial charge in [0.1, 0.15) is 5.82 Å². The van der Waals surface area contributed by atoms with Crippen LogP contribution in [0.3, 0.4) is 0 Å². The predicted octanol–water partition coefficient (Wildman–Crippen LogP) is 2.29. The van der Waals surface area contributed by atoms with Gasteiger partial charge < -0.3 is 10.4 Å². The van der Waals surface area contributed by atoms with E-state index in [4.69, 9.17) is 5.11 Å². The molecule has 1 aliphatic carbocycles. The molecule has 0 unspecified atom stereocenters. The molecule has 2 N–H and O–H groups in total. The first-order chi connectivity index (χ1) is 9.03. The number of rotatable bonds is 6. The third kappa shape index (κ3) is 3.94. The van der Waals surface area contributed by atoms with Gasteiger partial charge in [0, 0.05) is 23.6 Å². The van der Waals surface area contributed by atoms with Crippen LogP contribution in [0, 0.1) is 11.3 Å². The Hall–Kier alpha value is -1.07. The quantitative estimate of drug-likeness (QED) is 0.785. The minimum Gasteiger partial charge on any atom is -0.396 e. The Morgan fingerprint density at radius 1 is 1.63 bits per heavy atom. The lowest BCUT2D eigenvalue weighted by molar-refractivity contribution is -0.118. The molecule has 1 heterocycles. The normalized spacial score (nSPS) is 20.1. The summed E-state index contributed by atoms with van der Waals surface area (Å²) in [6.45, 7) is 4.40. The lowest BCUT2D eigenvalue weighted by Gasteiger charge is -2.07. The molecule has 19 heavy (non-hydrogen) atoms. The highest BCUT2D eigenvalue weighted by Gasteiger charge is 2.50. The molecular formula is C14H20N2O2S. The summed E-state index contributed by atoms with van der Waals surface area (Å²) in [5.74, 6) is 2.34. The van der Waals surface area contributed by atoms with Crippen molar-refractivity contribution < 1.29 is 9.90 Å². The van der Waals surface area contributed by atoms with Gasteiger partial charge in [0.25, 0.3) is 0 Å². The maximum Gasteiger partial charge on any atom is 0.229 e. The average Bonchev–Trinajstić information content (AvgIpc) is 3.00. The molecule has 0 bridgehead atoms. The molecular weight excluding hydrogens is 260 g/mol. The maximum absolute atomic E-state index is 12.0. The lowest BCUT2D eigenvalue weighted by Crippen LogP contribution is -2.17. The summed E-state index contributed by atoms with van der Waals surface area (Å²) in [5.41, 5.74) is 1.25. The summed E-state index contributed by atoms with van der Waals surface area (Å²) >= 11 is 1.66. The molecule has 0 spiro atoms. The number of aliphatic hydroxyl groups excluding tert-OH is 1. The number of hydrogen-bond donors (Lipinski definition) is 2. The second-order valence-electron chi connectivity index (χ2n) is 5.56. The van der Waals surface area contributed by atoms with Crippen LogP contribution in [0.1, 0.15) is 25.8 Å². The molecule has 0 aliphatic heterocycles. The van der Waals surface area contributed by atoms with Crippen LogP contribution in [0.2, 0.25) is 0 Å². The Balaban J connectivity index is 1.90. The van der Waals surface area contributed by atoms with Crippen molar-refractivity contribution in [1.29, 1.82) is 0 Å². The number of thioether (sulfide) groups is 1. The monoisotopic (exact) mass is 280 g/mol. The van der Waals surface area contributed by atoms with Crippen LogP contribution in [0.25, 0.3) is 0 Å². The first-order valence-electron chi connectivity index (χ1n) is 6.47. The fourth-order valence-corrected chi connectivity index (χ4v) is 2.70. The van der Waals surface area contributed by atoms with Crippen molar-refractivity contribution in [2.45, 2.75) is 26.0 Å². The Bertz CT molecular complexity index is 463. The molecule has 1 aromatic rings. The molecule has 1 aliphatic rings. The van der Waals surface area contributed by atoms with Gasteiger partial charge in [-0.25, -0.2) is 4.98 Å². The number of aliphatic hydroxyl groups is 1. The summed E-state index contributed by atoms with van der Waals surface area (Å²) in [4.78, 5) is 16.1. The van der Waals surface area contributed by atoms with E-state index in [1.807, 2.05) is 12.1 Å². The number of pyridine rings is 1. The summed E-state index contributed by atoms with van der Waals surface area (Å²) in [5, 5.41) is 11.6. The van der Waals surface area contributed by atoms with Gasteiger partial charge in [0.15, 0.2) is 0 Å². The van der Waals surface area contributed by atoms with Gasteiger partial charge in [-0.05, 0) is 29.5 Å². The fraction of sp³-hybridized carbons (Fsp3) is 0.571. The molecule has 1 fully saturated rings. The third-order valence-corrected chi connectivity index (χ3v) is 4.42. The second-order valence-corrected chi connectivity index (χ2v) is 6.67. The number of nitrogens with one attached hydrogen (secondary N) is 1. The van der Waals surface area contributed by atoms with Crippen LogP contribution >= 0.6 is 11.8 Å².